The van der Waals surface area contributed by atoms with Gasteiger partial charge in [-0.1, -0.05) is 23.0 Å². The number of quaternary nitrogens is 1. The first-order chi connectivity index (χ1) is 17.0. The number of hydrogen-bond acceptors (Lipinski definition) is 11. The van der Waals surface area contributed by atoms with Gasteiger partial charge in [0.25, 0.3) is 5.91 Å². The summed E-state index contributed by atoms with van der Waals surface area (Å²) in [6.07, 6.45) is 2.52. The van der Waals surface area contributed by atoms with E-state index in [4.69, 9.17) is 5.73 Å². The predicted molar refractivity (Wildman–Crippen MR) is 131 cm³/mol. The number of carbonyl (C=O) groups is 3. The fraction of sp³-hybridized carbons (Fsp3) is 0.476. The molecule has 194 valence electrons. The van der Waals surface area contributed by atoms with E-state index in [1.165, 1.54) is 23.8 Å². The molecule has 4 heterocycles. The van der Waals surface area contributed by atoms with Crippen molar-refractivity contribution in [2.24, 2.45) is 5.16 Å². The molecule has 0 aromatic carbocycles. The lowest BCUT2D eigenvalue weighted by atomic mass is 9.96. The number of aliphatic carboxylic acids is 1. The molecule has 36 heavy (non-hydrogen) atoms. The number of fused-ring (bicyclic) bond motifs is 1. The van der Waals surface area contributed by atoms with Crippen LogP contribution in [0.1, 0.15) is 12.1 Å². The molecule has 5 atom stereocenters. The maximum absolute atomic E-state index is 12.8. The summed E-state index contributed by atoms with van der Waals surface area (Å²) >= 11 is 2.30. The van der Waals surface area contributed by atoms with E-state index in [2.05, 4.69) is 20.3 Å². The number of hydrogen-bond donors (Lipinski definition) is 5. The third kappa shape index (κ3) is 4.71. The van der Waals surface area contributed by atoms with E-state index in [0.717, 1.165) is 17.6 Å². The fourth-order valence-corrected chi connectivity index (χ4v) is 6.97. The first-order valence-electron chi connectivity index (χ1n) is 10.9. The third-order valence-corrected chi connectivity index (χ3v) is 8.49. The Kier molecular flexibility index (Phi) is 7.12. The van der Waals surface area contributed by atoms with Gasteiger partial charge in [-0.05, 0) is 6.08 Å². The molecule has 1 aromatic rings. The third-order valence-electron chi connectivity index (χ3n) is 6.28. The number of rotatable bonds is 8. The Morgan fingerprint density at radius 3 is 2.67 bits per heavy atom. The van der Waals surface area contributed by atoms with Gasteiger partial charge in [-0.3, -0.25) is 14.5 Å². The molecule has 4 rings (SSSR count). The molecule has 0 spiro atoms. The molecule has 2 unspecified atom stereocenters. The maximum Gasteiger partial charge on any atom is 0.353 e. The number of carboxylic acids is 1. The van der Waals surface area contributed by atoms with E-state index >= 15 is 0 Å². The highest BCUT2D eigenvalue weighted by molar-refractivity contribution is 8.01. The average molecular weight is 540 g/mol. The minimum absolute atomic E-state index is 0.0899. The number of anilines is 1. The van der Waals surface area contributed by atoms with Crippen molar-refractivity contribution in [2.45, 2.75) is 28.9 Å². The van der Waals surface area contributed by atoms with Crippen molar-refractivity contribution >= 4 is 52.2 Å². The summed E-state index contributed by atoms with van der Waals surface area (Å²) in [6, 6.07) is 0. The number of likely N-dealkylation sites (N-methyl/N-ethyl adjacent to an activating group) is 1. The van der Waals surface area contributed by atoms with Gasteiger partial charge >= 0.3 is 5.97 Å². The van der Waals surface area contributed by atoms with Gasteiger partial charge in [0.15, 0.2) is 10.0 Å². The zero-order valence-electron chi connectivity index (χ0n) is 19.5. The number of thioether (sulfide) groups is 1. The molecule has 6 N–H and O–H groups in total. The molecule has 2 fully saturated rings. The number of carbonyl (C=O) groups excluding carboxylic acids is 2. The summed E-state index contributed by atoms with van der Waals surface area (Å²) in [4.78, 5) is 46.4. The first kappa shape index (κ1) is 26.1. The molecule has 3 aliphatic heterocycles. The molecule has 2 saturated heterocycles. The van der Waals surface area contributed by atoms with Crippen molar-refractivity contribution in [3.63, 3.8) is 0 Å². The zero-order chi connectivity index (χ0) is 26.3. The Labute approximate surface area is 214 Å². The average Bonchev–Trinajstić information content (AvgIpc) is 3.34. The smallest absolute Gasteiger partial charge is 0.353 e. The number of nitrogens with two attached hydrogens (primary N) is 1. The van der Waals surface area contributed by atoms with Gasteiger partial charge in [-0.15, -0.1) is 11.3 Å². The second-order valence-electron chi connectivity index (χ2n) is 8.97. The number of likely N-dealkylation sites (tertiary alicyclic amines) is 1. The van der Waals surface area contributed by atoms with Crippen LogP contribution >= 0.6 is 23.1 Å². The summed E-state index contributed by atoms with van der Waals surface area (Å²) in [7, 11) is 3.14. The number of aliphatic hydroxyl groups excluding tert-OH is 2. The second-order valence-corrected chi connectivity index (χ2v) is 11.3. The van der Waals surface area contributed by atoms with Crippen molar-refractivity contribution in [2.75, 3.05) is 39.5 Å². The number of aromatic nitrogens is 1. The van der Waals surface area contributed by atoms with Gasteiger partial charge in [-0.2, -0.15) is 0 Å². The molecule has 0 bridgehead atoms. The van der Waals surface area contributed by atoms with E-state index < -0.39 is 34.3 Å². The van der Waals surface area contributed by atoms with Crippen molar-refractivity contribution in [1.82, 2.24) is 15.2 Å². The lowest BCUT2D eigenvalue weighted by Gasteiger charge is -2.50. The standard InChI is InChI=1S/C21H26N6O7S2/c1-27(8-12(28)13(29)9-27)5-3-4-11-18(19(32)33)26-16(31)6-17(26)36-21(11,14-10-35-20(22)24-14)25-15(30)7-23-34-2/h3-4,7,10,12-13,17,28-29H,5-6,8-9H2,1-2H3,(H3-,22,24,25,30,32,33)/p+1/b4-3-,23-7?/t12-,13+,17-,21?,27?/m0/s1. The van der Waals surface area contributed by atoms with Gasteiger partial charge in [0.2, 0.25) is 5.91 Å². The van der Waals surface area contributed by atoms with Crippen LogP contribution in [-0.2, 0) is 24.1 Å². The van der Waals surface area contributed by atoms with E-state index in [1.54, 1.807) is 17.5 Å². The quantitative estimate of drug-likeness (QED) is 0.119. The highest BCUT2D eigenvalue weighted by Crippen LogP contribution is 2.54. The molecular weight excluding hydrogens is 512 g/mol. The number of amides is 2. The molecule has 0 saturated carbocycles. The molecule has 15 heteroatoms. The molecule has 0 radical (unpaired) electrons. The number of β-lactam (4-membered cyclic amide) rings is 1. The van der Waals surface area contributed by atoms with Crippen LogP contribution in [0, 0.1) is 0 Å². The monoisotopic (exact) mass is 539 g/mol. The molecule has 1 aromatic heterocycles. The zero-order valence-corrected chi connectivity index (χ0v) is 21.2. The Balaban J connectivity index is 1.83. The van der Waals surface area contributed by atoms with Crippen LogP contribution in [-0.4, -0.2) is 105 Å². The Bertz CT molecular complexity index is 1160. The van der Waals surface area contributed by atoms with Gasteiger partial charge < -0.3 is 35.7 Å². The number of nitrogens with zero attached hydrogens (tertiary/aromatic N) is 4. The minimum atomic E-state index is -1.50. The number of aliphatic hydroxyl groups is 2. The Morgan fingerprint density at radius 2 is 2.11 bits per heavy atom. The topological polar surface area (TPSA) is 188 Å². The van der Waals surface area contributed by atoms with Gasteiger partial charge in [0.05, 0.1) is 31.1 Å². The van der Waals surface area contributed by atoms with Crippen LogP contribution in [0.25, 0.3) is 0 Å². The van der Waals surface area contributed by atoms with Crippen LogP contribution < -0.4 is 11.1 Å². The van der Waals surface area contributed by atoms with Crippen LogP contribution in [0.15, 0.2) is 34.0 Å². The van der Waals surface area contributed by atoms with Crippen LogP contribution in [0.2, 0.25) is 0 Å². The van der Waals surface area contributed by atoms with Crippen molar-refractivity contribution in [3.8, 4) is 0 Å². The van der Waals surface area contributed by atoms with E-state index in [-0.39, 0.29) is 28.7 Å². The number of nitrogens with one attached hydrogen (secondary N) is 1. The van der Waals surface area contributed by atoms with Crippen LogP contribution in [0.3, 0.4) is 0 Å². The molecule has 2 amide bonds. The van der Waals surface area contributed by atoms with Gasteiger partial charge in [-0.25, -0.2) is 9.78 Å². The molecular formula is C21H27N6O7S2+. The SMILES string of the molecule is CON=CC(=O)NC1(c2csc(N)n2)S[C@H]2CC(=O)N2C(C(=O)O)=C1/C=C\C[N+]1(C)C[C@@H](O)[C@@H](O)C1. The summed E-state index contributed by atoms with van der Waals surface area (Å²) < 4.78 is 0.316. The molecule has 13 nitrogen and oxygen atoms in total. The van der Waals surface area contributed by atoms with Crippen LogP contribution in [0.4, 0.5) is 5.13 Å². The summed E-state index contributed by atoms with van der Waals surface area (Å²) in [6.45, 7) is 0.979. The van der Waals surface area contributed by atoms with E-state index in [1.807, 2.05) is 7.05 Å². The first-order valence-corrected chi connectivity index (χ1v) is 12.7. The lowest BCUT2D eigenvalue weighted by Crippen LogP contribution is -2.60. The van der Waals surface area contributed by atoms with Crippen LogP contribution in [0.5, 0.6) is 0 Å². The Morgan fingerprint density at radius 1 is 1.42 bits per heavy atom. The number of oxime groups is 1. The van der Waals surface area contributed by atoms with E-state index in [0.29, 0.717) is 29.8 Å². The summed E-state index contributed by atoms with van der Waals surface area (Å²) in [5, 5.41) is 37.8. The maximum atomic E-state index is 12.8. The highest BCUT2D eigenvalue weighted by Gasteiger charge is 2.56. The number of carboxylic acid groups (broad SMARTS) is 1. The summed E-state index contributed by atoms with van der Waals surface area (Å²) in [5.74, 6) is -2.36. The highest BCUT2D eigenvalue weighted by atomic mass is 32.2. The lowest BCUT2D eigenvalue weighted by molar-refractivity contribution is -0.894. The number of thiazole rings is 1. The molecule has 0 aliphatic carbocycles. The van der Waals surface area contributed by atoms with Gasteiger partial charge in [0.1, 0.15) is 44.3 Å². The van der Waals surface area contributed by atoms with Crippen molar-refractivity contribution in [3.05, 3.63) is 34.5 Å². The van der Waals surface area contributed by atoms with E-state index in [9.17, 15) is 29.7 Å². The largest absolute Gasteiger partial charge is 0.477 e. The minimum Gasteiger partial charge on any atom is -0.477 e. The number of nitrogen functional groups attached to an aromatic ring is 1. The van der Waals surface area contributed by atoms with Crippen molar-refractivity contribution in [1.29, 1.82) is 0 Å². The summed E-state index contributed by atoms with van der Waals surface area (Å²) in [5.41, 5.74) is 6.05. The fourth-order valence-electron chi connectivity index (χ4n) is 4.64. The predicted octanol–water partition coefficient (Wildman–Crippen LogP) is -0.991. The van der Waals surface area contributed by atoms with Crippen molar-refractivity contribution < 1.29 is 39.0 Å². The van der Waals surface area contributed by atoms with Gasteiger partial charge in [0, 0.05) is 11.0 Å². The Hall–Kier alpha value is -2.98. The second kappa shape index (κ2) is 9.82. The normalized spacial score (nSPS) is 32.2. The molecule has 3 aliphatic rings.